The van der Waals surface area contributed by atoms with Crippen molar-refractivity contribution in [1.82, 2.24) is 15.0 Å². The second-order valence-corrected chi connectivity index (χ2v) is 9.81. The number of alkyl halides is 3. The maximum absolute atomic E-state index is 13.8. The Kier molecular flexibility index (Phi) is 6.33. The van der Waals surface area contributed by atoms with Crippen molar-refractivity contribution < 1.29 is 32.1 Å². The maximum Gasteiger partial charge on any atom is 0.416 e. The number of carbonyl (C=O) groups excluding carboxylic acids is 1. The van der Waals surface area contributed by atoms with Gasteiger partial charge < -0.3 is 5.21 Å². The van der Waals surface area contributed by atoms with Crippen LogP contribution in [0, 0.1) is 5.95 Å². The Bertz CT molecular complexity index is 1440. The zero-order chi connectivity index (χ0) is 25.6. The lowest BCUT2D eigenvalue weighted by Gasteiger charge is -2.33. The normalized spacial score (nSPS) is 18.3. The topological polar surface area (TPSA) is 70.2 Å². The Morgan fingerprint density at radius 2 is 1.89 bits per heavy atom. The van der Waals surface area contributed by atoms with Crippen LogP contribution in [0.1, 0.15) is 38.7 Å². The fraction of sp³-hybridized carbons (Fsp3) is 0.167. The third-order valence-corrected chi connectivity index (χ3v) is 6.99. The summed E-state index contributed by atoms with van der Waals surface area (Å²) in [5.74, 6) is -1.37. The molecule has 4 heterocycles. The van der Waals surface area contributed by atoms with Gasteiger partial charge in [-0.25, -0.2) is 9.97 Å². The standard InChI is InChI=1S/C24H16ClF4N4O2S/c25-23-31-12-17(36-23)10-20-32-6-2-1-3-18(32)22(34)21(33(20)35)15-7-14(8-16(9-15)24(27,28)29)13-4-5-19(26)30-11-13/h1-9,11-12,20-21,35H,10H2/q+1. The zero-order valence-corrected chi connectivity index (χ0v) is 19.7. The number of pyridine rings is 2. The van der Waals surface area contributed by atoms with Crippen molar-refractivity contribution in [1.29, 1.82) is 0 Å². The molecule has 0 amide bonds. The highest BCUT2D eigenvalue weighted by Gasteiger charge is 2.47. The van der Waals surface area contributed by atoms with Gasteiger partial charge in [0.05, 0.1) is 12.0 Å². The van der Waals surface area contributed by atoms with Gasteiger partial charge in [0.15, 0.2) is 10.7 Å². The van der Waals surface area contributed by atoms with Crippen LogP contribution >= 0.6 is 22.9 Å². The molecule has 0 saturated carbocycles. The number of fused-ring (bicyclic) bond motifs is 1. The second kappa shape index (κ2) is 9.32. The van der Waals surface area contributed by atoms with Crippen molar-refractivity contribution in [3.05, 3.63) is 99.2 Å². The molecule has 36 heavy (non-hydrogen) atoms. The van der Waals surface area contributed by atoms with Gasteiger partial charge in [-0.15, -0.1) is 16.4 Å². The molecule has 1 aromatic carbocycles. The molecule has 0 aliphatic carbocycles. The van der Waals surface area contributed by atoms with Crippen LogP contribution in [0.15, 0.2) is 67.1 Å². The molecule has 1 aliphatic rings. The van der Waals surface area contributed by atoms with Crippen molar-refractivity contribution in [2.24, 2.45) is 0 Å². The minimum Gasteiger partial charge on any atom is -0.307 e. The van der Waals surface area contributed by atoms with E-state index in [4.69, 9.17) is 11.6 Å². The monoisotopic (exact) mass is 535 g/mol. The highest BCUT2D eigenvalue weighted by Crippen LogP contribution is 2.39. The Hall–Kier alpha value is -3.25. The number of ketones is 1. The fourth-order valence-electron chi connectivity index (χ4n) is 4.22. The van der Waals surface area contributed by atoms with E-state index in [0.29, 0.717) is 9.34 Å². The quantitative estimate of drug-likeness (QED) is 0.207. The molecule has 6 nitrogen and oxygen atoms in total. The van der Waals surface area contributed by atoms with Crippen LogP contribution in [-0.2, 0) is 12.6 Å². The predicted octanol–water partition coefficient (Wildman–Crippen LogP) is 5.67. The van der Waals surface area contributed by atoms with E-state index < -0.39 is 35.7 Å². The lowest BCUT2D eigenvalue weighted by atomic mass is 9.91. The number of Topliss-reactive ketones (excluding diaryl/α,β-unsaturated/α-hetero) is 1. The van der Waals surface area contributed by atoms with E-state index in [9.17, 15) is 27.6 Å². The lowest BCUT2D eigenvalue weighted by molar-refractivity contribution is -0.764. The fourth-order valence-corrected chi connectivity index (χ4v) is 5.23. The molecule has 1 aliphatic heterocycles. The minimum absolute atomic E-state index is 0.0703. The Balaban J connectivity index is 1.65. The molecular weight excluding hydrogens is 520 g/mol. The summed E-state index contributed by atoms with van der Waals surface area (Å²) >= 11 is 7.14. The molecule has 0 bridgehead atoms. The van der Waals surface area contributed by atoms with Gasteiger partial charge in [-0.05, 0) is 47.5 Å². The average molecular weight is 536 g/mol. The Labute approximate surface area is 211 Å². The predicted molar refractivity (Wildman–Crippen MR) is 122 cm³/mol. The first-order valence-electron chi connectivity index (χ1n) is 10.6. The number of rotatable bonds is 4. The molecule has 1 N–H and O–H groups in total. The van der Waals surface area contributed by atoms with Gasteiger partial charge in [-0.1, -0.05) is 11.6 Å². The van der Waals surface area contributed by atoms with Crippen LogP contribution in [0.2, 0.25) is 4.47 Å². The summed E-state index contributed by atoms with van der Waals surface area (Å²) in [6.07, 6.45) is -1.11. The molecule has 2 atom stereocenters. The van der Waals surface area contributed by atoms with Crippen molar-refractivity contribution in [3.8, 4) is 11.1 Å². The molecule has 0 saturated heterocycles. The number of hydroxylamine groups is 2. The highest BCUT2D eigenvalue weighted by molar-refractivity contribution is 7.15. The van der Waals surface area contributed by atoms with E-state index in [0.717, 1.165) is 29.5 Å². The van der Waals surface area contributed by atoms with Crippen LogP contribution in [0.4, 0.5) is 17.6 Å². The molecular formula is C24H16ClF4N4O2S+. The number of carbonyl (C=O) groups is 1. The number of hydrogen-bond donors (Lipinski definition) is 1. The lowest BCUT2D eigenvalue weighted by Crippen LogP contribution is -2.59. The number of thiazole rings is 1. The summed E-state index contributed by atoms with van der Waals surface area (Å²) < 4.78 is 56.7. The highest BCUT2D eigenvalue weighted by atomic mass is 35.5. The molecule has 2 unspecified atom stereocenters. The number of hydrogen-bond acceptors (Lipinski definition) is 6. The van der Waals surface area contributed by atoms with E-state index in [1.165, 1.54) is 23.5 Å². The summed E-state index contributed by atoms with van der Waals surface area (Å²) in [7, 11) is 0. The van der Waals surface area contributed by atoms with Gasteiger partial charge in [0.1, 0.15) is 6.04 Å². The third-order valence-electron chi connectivity index (χ3n) is 5.85. The first-order chi connectivity index (χ1) is 17.1. The zero-order valence-electron chi connectivity index (χ0n) is 18.2. The maximum atomic E-state index is 13.8. The molecule has 12 heteroatoms. The van der Waals surface area contributed by atoms with Crippen molar-refractivity contribution in [3.63, 3.8) is 0 Å². The molecule has 0 spiro atoms. The molecule has 4 aromatic rings. The van der Waals surface area contributed by atoms with Crippen molar-refractivity contribution in [2.75, 3.05) is 0 Å². The van der Waals surface area contributed by atoms with Gasteiger partial charge in [-0.3, -0.25) is 4.79 Å². The van der Waals surface area contributed by atoms with E-state index in [1.807, 2.05) is 0 Å². The number of benzene rings is 1. The number of nitrogens with zero attached hydrogens (tertiary/aromatic N) is 4. The van der Waals surface area contributed by atoms with Gasteiger partial charge in [0.2, 0.25) is 12.1 Å². The smallest absolute Gasteiger partial charge is 0.307 e. The van der Waals surface area contributed by atoms with Crippen molar-refractivity contribution in [2.45, 2.75) is 24.8 Å². The molecule has 5 rings (SSSR count). The average Bonchev–Trinajstić information content (AvgIpc) is 3.26. The van der Waals surface area contributed by atoms with Crippen LogP contribution < -0.4 is 4.57 Å². The van der Waals surface area contributed by atoms with Crippen LogP contribution in [0.5, 0.6) is 0 Å². The summed E-state index contributed by atoms with van der Waals surface area (Å²) in [6.45, 7) is 0. The number of halogens is 5. The molecule has 0 radical (unpaired) electrons. The van der Waals surface area contributed by atoms with E-state index in [1.54, 1.807) is 35.2 Å². The van der Waals surface area contributed by atoms with Gasteiger partial charge in [0.25, 0.3) is 11.5 Å². The summed E-state index contributed by atoms with van der Waals surface area (Å²) in [6, 6.07) is 8.86. The molecule has 3 aromatic heterocycles. The first kappa shape index (κ1) is 24.4. The van der Waals surface area contributed by atoms with Crippen LogP contribution in [0.25, 0.3) is 11.1 Å². The molecule has 184 valence electrons. The first-order valence-corrected chi connectivity index (χ1v) is 11.8. The number of aromatic nitrogens is 3. The van der Waals surface area contributed by atoms with Crippen LogP contribution in [-0.4, -0.2) is 26.0 Å². The second-order valence-electron chi connectivity index (χ2n) is 8.12. The van der Waals surface area contributed by atoms with E-state index >= 15 is 0 Å². The summed E-state index contributed by atoms with van der Waals surface area (Å²) in [5, 5.41) is 12.0. The largest absolute Gasteiger partial charge is 0.416 e. The molecule has 0 fully saturated rings. The SMILES string of the molecule is O=C1c2cccc[n+]2C(Cc2cnc(Cl)s2)N(O)C1c1cc(-c2ccc(F)nc2)cc(C(F)(F)F)c1. The van der Waals surface area contributed by atoms with Crippen LogP contribution in [0.3, 0.4) is 0 Å². The van der Waals surface area contributed by atoms with Gasteiger partial charge in [0, 0.05) is 35.0 Å². The Morgan fingerprint density at radius 3 is 2.56 bits per heavy atom. The van der Waals surface area contributed by atoms with E-state index in [2.05, 4.69) is 9.97 Å². The summed E-state index contributed by atoms with van der Waals surface area (Å²) in [5.41, 5.74) is -0.569. The summed E-state index contributed by atoms with van der Waals surface area (Å²) in [4.78, 5) is 21.7. The van der Waals surface area contributed by atoms with Gasteiger partial charge in [-0.2, -0.15) is 22.1 Å². The van der Waals surface area contributed by atoms with Gasteiger partial charge >= 0.3 is 6.18 Å². The van der Waals surface area contributed by atoms with E-state index in [-0.39, 0.29) is 28.8 Å². The minimum atomic E-state index is -4.73. The van der Waals surface area contributed by atoms with Crippen molar-refractivity contribution >= 4 is 28.7 Å². The Morgan fingerprint density at radius 1 is 1.08 bits per heavy atom. The third kappa shape index (κ3) is 4.62.